The Bertz CT molecular complexity index is 510. The molecule has 2 rings (SSSR count). The maximum Gasteiger partial charge on any atom is 0.337 e. The summed E-state index contributed by atoms with van der Waals surface area (Å²) in [7, 11) is 0. The standard InChI is InChI=1S/C12H12N2O4/c15-10-9(12(17)18)7-14(11(10)16)6-3-8-1-4-13-5-2-8/h1-2,4-5,15H,3,6-7H2,(H,17,18). The predicted octanol–water partition coefficient (Wildman–Crippen LogP) is 0.363. The van der Waals surface area contributed by atoms with E-state index in [-0.39, 0.29) is 12.1 Å². The molecule has 0 aliphatic carbocycles. The number of amides is 1. The number of carboxylic acid groups (broad SMARTS) is 1. The first-order valence-electron chi connectivity index (χ1n) is 5.43. The minimum Gasteiger partial charge on any atom is -0.503 e. The SMILES string of the molecule is O=C(O)C1=C(O)C(=O)N(CCc2ccncc2)C1. The topological polar surface area (TPSA) is 90.7 Å². The van der Waals surface area contributed by atoms with Crippen LogP contribution in [0.5, 0.6) is 0 Å². The van der Waals surface area contributed by atoms with E-state index in [4.69, 9.17) is 5.11 Å². The van der Waals surface area contributed by atoms with E-state index in [2.05, 4.69) is 4.98 Å². The minimum absolute atomic E-state index is 0.0505. The number of aromatic nitrogens is 1. The van der Waals surface area contributed by atoms with Gasteiger partial charge in [0.15, 0.2) is 5.76 Å². The summed E-state index contributed by atoms with van der Waals surface area (Å²) in [6.07, 6.45) is 3.90. The lowest BCUT2D eigenvalue weighted by Gasteiger charge is -2.15. The maximum absolute atomic E-state index is 11.6. The Hall–Kier alpha value is -2.37. The zero-order valence-electron chi connectivity index (χ0n) is 9.54. The molecule has 0 spiro atoms. The van der Waals surface area contributed by atoms with Gasteiger partial charge in [0.1, 0.15) is 5.57 Å². The van der Waals surface area contributed by atoms with E-state index in [0.29, 0.717) is 13.0 Å². The highest BCUT2D eigenvalue weighted by Gasteiger charge is 2.33. The second-order valence-corrected chi connectivity index (χ2v) is 3.96. The molecular weight excluding hydrogens is 236 g/mol. The summed E-state index contributed by atoms with van der Waals surface area (Å²) < 4.78 is 0. The van der Waals surface area contributed by atoms with Gasteiger partial charge in [-0.05, 0) is 24.1 Å². The van der Waals surface area contributed by atoms with E-state index < -0.39 is 17.6 Å². The Kier molecular flexibility index (Phi) is 3.27. The molecule has 18 heavy (non-hydrogen) atoms. The van der Waals surface area contributed by atoms with Crippen molar-refractivity contribution in [1.29, 1.82) is 0 Å². The van der Waals surface area contributed by atoms with Gasteiger partial charge in [-0.25, -0.2) is 4.79 Å². The molecule has 6 heteroatoms. The lowest BCUT2D eigenvalue weighted by molar-refractivity contribution is -0.133. The number of pyridine rings is 1. The molecule has 0 radical (unpaired) electrons. The molecule has 2 N–H and O–H groups in total. The molecule has 0 atom stereocenters. The number of nitrogens with zero attached hydrogens (tertiary/aromatic N) is 2. The van der Waals surface area contributed by atoms with Gasteiger partial charge in [0.05, 0.1) is 6.54 Å². The van der Waals surface area contributed by atoms with E-state index in [0.717, 1.165) is 5.56 Å². The summed E-state index contributed by atoms with van der Waals surface area (Å²) in [5.41, 5.74) is 0.760. The lowest BCUT2D eigenvalue weighted by atomic mass is 10.2. The summed E-state index contributed by atoms with van der Waals surface area (Å²) in [6, 6.07) is 3.65. The number of hydrogen-bond donors (Lipinski definition) is 2. The minimum atomic E-state index is -1.26. The fourth-order valence-electron chi connectivity index (χ4n) is 1.78. The van der Waals surface area contributed by atoms with Crippen molar-refractivity contribution in [2.45, 2.75) is 6.42 Å². The van der Waals surface area contributed by atoms with Crippen LogP contribution in [0, 0.1) is 0 Å². The fourth-order valence-corrected chi connectivity index (χ4v) is 1.78. The molecule has 0 saturated carbocycles. The first kappa shape index (κ1) is 12.1. The van der Waals surface area contributed by atoms with Crippen molar-refractivity contribution in [3.05, 3.63) is 41.4 Å². The van der Waals surface area contributed by atoms with E-state index in [9.17, 15) is 14.7 Å². The van der Waals surface area contributed by atoms with Crippen molar-refractivity contribution in [1.82, 2.24) is 9.88 Å². The highest BCUT2D eigenvalue weighted by molar-refractivity contribution is 6.04. The van der Waals surface area contributed by atoms with Gasteiger partial charge < -0.3 is 15.1 Å². The second-order valence-electron chi connectivity index (χ2n) is 3.96. The van der Waals surface area contributed by atoms with Gasteiger partial charge in [-0.2, -0.15) is 0 Å². The van der Waals surface area contributed by atoms with Gasteiger partial charge in [-0.15, -0.1) is 0 Å². The van der Waals surface area contributed by atoms with E-state index in [1.54, 1.807) is 12.4 Å². The van der Waals surface area contributed by atoms with Gasteiger partial charge in [0.25, 0.3) is 5.91 Å². The summed E-state index contributed by atoms with van der Waals surface area (Å²) in [6.45, 7) is 0.314. The van der Waals surface area contributed by atoms with Crippen LogP contribution in [-0.4, -0.2) is 45.1 Å². The number of carbonyl (C=O) groups is 2. The van der Waals surface area contributed by atoms with Crippen molar-refractivity contribution in [2.24, 2.45) is 0 Å². The van der Waals surface area contributed by atoms with Gasteiger partial charge in [0, 0.05) is 18.9 Å². The number of aliphatic hydroxyl groups excluding tert-OH is 1. The van der Waals surface area contributed by atoms with Crippen LogP contribution in [-0.2, 0) is 16.0 Å². The molecule has 0 saturated heterocycles. The van der Waals surface area contributed by atoms with Crippen LogP contribution in [0.2, 0.25) is 0 Å². The Balaban J connectivity index is 1.98. The maximum atomic E-state index is 11.6. The molecule has 1 aliphatic rings. The van der Waals surface area contributed by atoms with Gasteiger partial charge in [-0.1, -0.05) is 0 Å². The van der Waals surface area contributed by atoms with Crippen LogP contribution < -0.4 is 0 Å². The summed E-state index contributed by atoms with van der Waals surface area (Å²) in [5, 5.41) is 18.2. The first-order chi connectivity index (χ1) is 8.59. The normalized spacial score (nSPS) is 15.3. The van der Waals surface area contributed by atoms with Crippen molar-refractivity contribution in [2.75, 3.05) is 13.1 Å². The monoisotopic (exact) mass is 248 g/mol. The smallest absolute Gasteiger partial charge is 0.337 e. The van der Waals surface area contributed by atoms with Crippen molar-refractivity contribution in [3.63, 3.8) is 0 Å². The Morgan fingerprint density at radius 1 is 1.39 bits per heavy atom. The van der Waals surface area contributed by atoms with E-state index in [1.807, 2.05) is 12.1 Å². The Morgan fingerprint density at radius 2 is 2.06 bits per heavy atom. The van der Waals surface area contributed by atoms with Crippen LogP contribution in [0.3, 0.4) is 0 Å². The lowest BCUT2D eigenvalue weighted by Crippen LogP contribution is -2.29. The zero-order chi connectivity index (χ0) is 13.1. The largest absolute Gasteiger partial charge is 0.503 e. The highest BCUT2D eigenvalue weighted by Crippen LogP contribution is 2.17. The average Bonchev–Trinajstić information content (AvgIpc) is 2.65. The number of hydrogen-bond acceptors (Lipinski definition) is 4. The molecule has 2 heterocycles. The molecule has 6 nitrogen and oxygen atoms in total. The third-order valence-corrected chi connectivity index (χ3v) is 2.80. The molecule has 1 aliphatic heterocycles. The van der Waals surface area contributed by atoms with Crippen molar-refractivity contribution < 1.29 is 19.8 Å². The number of rotatable bonds is 4. The van der Waals surface area contributed by atoms with Gasteiger partial charge in [-0.3, -0.25) is 9.78 Å². The summed E-state index contributed by atoms with van der Waals surface area (Å²) in [5.74, 6) is -2.54. The molecule has 0 bridgehead atoms. The first-order valence-corrected chi connectivity index (χ1v) is 5.43. The van der Waals surface area contributed by atoms with E-state index >= 15 is 0 Å². The quantitative estimate of drug-likeness (QED) is 0.803. The summed E-state index contributed by atoms with van der Waals surface area (Å²) >= 11 is 0. The third kappa shape index (κ3) is 2.32. The van der Waals surface area contributed by atoms with Gasteiger partial charge in [0.2, 0.25) is 0 Å². The van der Waals surface area contributed by atoms with Gasteiger partial charge >= 0.3 is 5.97 Å². The molecule has 0 unspecified atom stereocenters. The number of carboxylic acids is 1. The van der Waals surface area contributed by atoms with Crippen LogP contribution in [0.25, 0.3) is 0 Å². The predicted molar refractivity (Wildman–Crippen MR) is 61.8 cm³/mol. The summed E-state index contributed by atoms with van der Waals surface area (Å²) in [4.78, 5) is 27.6. The molecule has 1 aromatic heterocycles. The molecule has 1 aromatic rings. The molecular formula is C12H12N2O4. The van der Waals surface area contributed by atoms with Crippen molar-refractivity contribution >= 4 is 11.9 Å². The highest BCUT2D eigenvalue weighted by atomic mass is 16.4. The third-order valence-electron chi connectivity index (χ3n) is 2.80. The molecule has 1 amide bonds. The van der Waals surface area contributed by atoms with Crippen LogP contribution in [0.1, 0.15) is 5.56 Å². The van der Waals surface area contributed by atoms with Crippen LogP contribution in [0.4, 0.5) is 0 Å². The molecule has 0 aromatic carbocycles. The fraction of sp³-hybridized carbons (Fsp3) is 0.250. The molecule has 0 fully saturated rings. The van der Waals surface area contributed by atoms with Crippen molar-refractivity contribution in [3.8, 4) is 0 Å². The molecule has 94 valence electrons. The number of aliphatic carboxylic acids is 1. The van der Waals surface area contributed by atoms with Crippen LogP contribution in [0.15, 0.2) is 35.9 Å². The van der Waals surface area contributed by atoms with E-state index in [1.165, 1.54) is 4.90 Å². The van der Waals surface area contributed by atoms with Crippen LogP contribution >= 0.6 is 0 Å². The Labute approximate surface area is 103 Å². The zero-order valence-corrected chi connectivity index (χ0v) is 9.54. The number of carbonyl (C=O) groups excluding carboxylic acids is 1. The Morgan fingerprint density at radius 3 is 2.61 bits per heavy atom. The second kappa shape index (κ2) is 4.87. The average molecular weight is 248 g/mol. The number of aliphatic hydroxyl groups is 1.